The Balaban J connectivity index is 1.56. The van der Waals surface area contributed by atoms with Crippen molar-refractivity contribution in [2.75, 3.05) is 13.7 Å². The highest BCUT2D eigenvalue weighted by Gasteiger charge is 2.22. The molecule has 2 unspecified atom stereocenters. The molecule has 0 aliphatic heterocycles. The number of Topliss-reactive ketones (excluding diaryl/α,β-unsaturated/α-hetero) is 1. The van der Waals surface area contributed by atoms with Crippen LogP contribution in [0.2, 0.25) is 0 Å². The normalized spacial score (nSPS) is 12.5. The Hall–Kier alpha value is -3.55. The molecule has 3 rings (SSSR count). The van der Waals surface area contributed by atoms with Crippen LogP contribution in [0.4, 0.5) is 4.39 Å². The number of aliphatic hydroxyl groups is 1. The Morgan fingerprint density at radius 1 is 0.943 bits per heavy atom. The first kappa shape index (κ1) is 26.1. The van der Waals surface area contributed by atoms with E-state index in [0.29, 0.717) is 18.5 Å². The van der Waals surface area contributed by atoms with E-state index >= 15 is 0 Å². The smallest absolute Gasteiger partial charge is 0.220 e. The van der Waals surface area contributed by atoms with Crippen molar-refractivity contribution in [1.29, 1.82) is 0 Å². The highest BCUT2D eigenvalue weighted by molar-refractivity contribution is 5.97. The molecule has 3 aromatic rings. The second kappa shape index (κ2) is 13.4. The fourth-order valence-corrected chi connectivity index (χ4v) is 3.73. The molecule has 1 amide bonds. The molecule has 0 radical (unpaired) electrons. The van der Waals surface area contributed by atoms with Gasteiger partial charge in [0.25, 0.3) is 0 Å². The molecular weight excluding hydrogens is 447 g/mol. The SMILES string of the molecule is COc1cccc(CNCC(O)C(Cc2ccccc2)NC(=O)CCC(=O)c2ccc(F)cc2)c1. The summed E-state index contributed by atoms with van der Waals surface area (Å²) in [6.45, 7) is 0.802. The van der Waals surface area contributed by atoms with Gasteiger partial charge < -0.3 is 20.5 Å². The Morgan fingerprint density at radius 2 is 1.66 bits per heavy atom. The molecule has 0 spiro atoms. The zero-order chi connectivity index (χ0) is 25.0. The fraction of sp³-hybridized carbons (Fsp3) is 0.286. The van der Waals surface area contributed by atoms with Crippen molar-refractivity contribution in [3.63, 3.8) is 0 Å². The highest BCUT2D eigenvalue weighted by Crippen LogP contribution is 2.13. The van der Waals surface area contributed by atoms with E-state index in [4.69, 9.17) is 4.74 Å². The minimum absolute atomic E-state index is 0.000290. The van der Waals surface area contributed by atoms with Gasteiger partial charge in [-0.15, -0.1) is 0 Å². The average molecular weight is 479 g/mol. The number of ether oxygens (including phenoxy) is 1. The van der Waals surface area contributed by atoms with Gasteiger partial charge >= 0.3 is 0 Å². The number of hydrogen-bond donors (Lipinski definition) is 3. The summed E-state index contributed by atoms with van der Waals surface area (Å²) in [5.41, 5.74) is 2.35. The van der Waals surface area contributed by atoms with E-state index in [0.717, 1.165) is 16.9 Å². The summed E-state index contributed by atoms with van der Waals surface area (Å²) < 4.78 is 18.3. The van der Waals surface area contributed by atoms with Crippen molar-refractivity contribution in [3.8, 4) is 5.75 Å². The summed E-state index contributed by atoms with van der Waals surface area (Å²) in [4.78, 5) is 25.0. The number of benzene rings is 3. The van der Waals surface area contributed by atoms with Gasteiger partial charge in [0.15, 0.2) is 5.78 Å². The Morgan fingerprint density at radius 3 is 2.37 bits per heavy atom. The zero-order valence-electron chi connectivity index (χ0n) is 19.7. The molecule has 2 atom stereocenters. The predicted molar refractivity (Wildman–Crippen MR) is 133 cm³/mol. The van der Waals surface area contributed by atoms with Gasteiger partial charge in [-0.3, -0.25) is 9.59 Å². The molecule has 6 nitrogen and oxygen atoms in total. The summed E-state index contributed by atoms with van der Waals surface area (Å²) in [6, 6.07) is 22.0. The predicted octanol–water partition coefficient (Wildman–Crippen LogP) is 3.68. The molecule has 0 fully saturated rings. The van der Waals surface area contributed by atoms with Gasteiger partial charge in [-0.2, -0.15) is 0 Å². The number of aliphatic hydroxyl groups excluding tert-OH is 1. The van der Waals surface area contributed by atoms with E-state index in [-0.39, 0.29) is 31.1 Å². The van der Waals surface area contributed by atoms with Crippen molar-refractivity contribution in [2.45, 2.75) is 38.0 Å². The molecule has 0 heterocycles. The van der Waals surface area contributed by atoms with Gasteiger partial charge in [0.05, 0.1) is 19.3 Å². The molecule has 0 saturated carbocycles. The van der Waals surface area contributed by atoms with Crippen LogP contribution in [0.5, 0.6) is 5.75 Å². The summed E-state index contributed by atoms with van der Waals surface area (Å²) >= 11 is 0. The van der Waals surface area contributed by atoms with Gasteiger partial charge in [0.1, 0.15) is 11.6 Å². The van der Waals surface area contributed by atoms with Crippen molar-refractivity contribution in [3.05, 3.63) is 101 Å². The summed E-state index contributed by atoms with van der Waals surface area (Å²) in [7, 11) is 1.61. The Labute approximate surface area is 205 Å². The quantitative estimate of drug-likeness (QED) is 0.326. The summed E-state index contributed by atoms with van der Waals surface area (Å²) in [6.07, 6.45) is -0.427. The van der Waals surface area contributed by atoms with Crippen molar-refractivity contribution in [1.82, 2.24) is 10.6 Å². The molecular formula is C28H31FN2O4. The maximum Gasteiger partial charge on any atom is 0.220 e. The van der Waals surface area contributed by atoms with Gasteiger partial charge in [-0.1, -0.05) is 42.5 Å². The number of ketones is 1. The minimum atomic E-state index is -0.849. The van der Waals surface area contributed by atoms with Gasteiger partial charge in [0.2, 0.25) is 5.91 Å². The van der Waals surface area contributed by atoms with Crippen LogP contribution in [-0.2, 0) is 17.8 Å². The highest BCUT2D eigenvalue weighted by atomic mass is 19.1. The van der Waals surface area contributed by atoms with E-state index in [1.54, 1.807) is 7.11 Å². The van der Waals surface area contributed by atoms with E-state index in [9.17, 15) is 19.1 Å². The van der Waals surface area contributed by atoms with E-state index in [1.165, 1.54) is 24.3 Å². The number of amides is 1. The molecule has 35 heavy (non-hydrogen) atoms. The lowest BCUT2D eigenvalue weighted by Crippen LogP contribution is -2.48. The number of methoxy groups -OCH3 is 1. The third-order valence-electron chi connectivity index (χ3n) is 5.67. The monoisotopic (exact) mass is 478 g/mol. The third kappa shape index (κ3) is 8.63. The van der Waals surface area contributed by atoms with Crippen LogP contribution in [0.25, 0.3) is 0 Å². The molecule has 7 heteroatoms. The van der Waals surface area contributed by atoms with Crippen molar-refractivity contribution >= 4 is 11.7 Å². The molecule has 0 saturated heterocycles. The lowest BCUT2D eigenvalue weighted by molar-refractivity contribution is -0.122. The first-order valence-electron chi connectivity index (χ1n) is 11.6. The number of halogens is 1. The van der Waals surface area contributed by atoms with Crippen molar-refractivity contribution < 1.29 is 23.8 Å². The number of carbonyl (C=O) groups excluding carboxylic acids is 2. The fourth-order valence-electron chi connectivity index (χ4n) is 3.73. The van der Waals surface area contributed by atoms with Crippen LogP contribution < -0.4 is 15.4 Å². The average Bonchev–Trinajstić information content (AvgIpc) is 2.88. The molecule has 0 bridgehead atoms. The maximum atomic E-state index is 13.1. The standard InChI is InChI=1S/C28H31FN2O4/c1-35-24-9-5-8-21(16-24)18-30-19-27(33)25(17-20-6-3-2-4-7-20)31-28(34)15-14-26(32)22-10-12-23(29)13-11-22/h2-13,16,25,27,30,33H,14-15,17-19H2,1H3,(H,31,34). The van der Waals surface area contributed by atoms with E-state index in [2.05, 4.69) is 10.6 Å². The number of hydrogen-bond acceptors (Lipinski definition) is 5. The molecule has 0 aromatic heterocycles. The van der Waals surface area contributed by atoms with Crippen molar-refractivity contribution in [2.24, 2.45) is 0 Å². The Kier molecular flexibility index (Phi) is 9.95. The summed E-state index contributed by atoms with van der Waals surface area (Å²) in [5, 5.41) is 17.0. The largest absolute Gasteiger partial charge is 0.497 e. The van der Waals surface area contributed by atoms with Gasteiger partial charge in [-0.25, -0.2) is 4.39 Å². The first-order chi connectivity index (χ1) is 16.9. The molecule has 3 N–H and O–H groups in total. The van der Waals surface area contributed by atoms with Gasteiger partial charge in [0, 0.05) is 31.5 Å². The lowest BCUT2D eigenvalue weighted by atomic mass is 10.00. The zero-order valence-corrected chi connectivity index (χ0v) is 19.7. The van der Waals surface area contributed by atoms with Crippen LogP contribution in [0.1, 0.15) is 34.3 Å². The minimum Gasteiger partial charge on any atom is -0.497 e. The third-order valence-corrected chi connectivity index (χ3v) is 5.67. The molecule has 184 valence electrons. The van der Waals surface area contributed by atoms with Gasteiger partial charge in [-0.05, 0) is 53.9 Å². The second-order valence-corrected chi connectivity index (χ2v) is 8.34. The topological polar surface area (TPSA) is 87.7 Å². The molecule has 0 aliphatic rings. The van der Waals surface area contributed by atoms with Crippen LogP contribution >= 0.6 is 0 Å². The first-order valence-corrected chi connectivity index (χ1v) is 11.6. The maximum absolute atomic E-state index is 13.1. The van der Waals surface area contributed by atoms with Crippen LogP contribution in [-0.4, -0.2) is 42.6 Å². The Bertz CT molecular complexity index is 1090. The molecule has 0 aliphatic carbocycles. The lowest BCUT2D eigenvalue weighted by Gasteiger charge is -2.25. The number of carbonyl (C=O) groups is 2. The second-order valence-electron chi connectivity index (χ2n) is 8.34. The number of rotatable bonds is 13. The van der Waals surface area contributed by atoms with E-state index in [1.807, 2.05) is 54.6 Å². The van der Waals surface area contributed by atoms with E-state index < -0.39 is 18.0 Å². The molecule has 3 aromatic carbocycles. The summed E-state index contributed by atoms with van der Waals surface area (Å²) in [5.74, 6) is -0.222. The van der Waals surface area contributed by atoms with Crippen LogP contribution in [0.3, 0.4) is 0 Å². The van der Waals surface area contributed by atoms with Crippen LogP contribution in [0.15, 0.2) is 78.9 Å². The van der Waals surface area contributed by atoms with Crippen LogP contribution in [0, 0.1) is 5.82 Å². The number of nitrogens with one attached hydrogen (secondary N) is 2.